The second kappa shape index (κ2) is 8.88. The number of aliphatic carboxylic acids is 1. The third kappa shape index (κ3) is 5.21. The molecule has 0 aromatic heterocycles. The Morgan fingerprint density at radius 3 is 2.41 bits per heavy atom. The van der Waals surface area contributed by atoms with Crippen LogP contribution in [-0.2, 0) is 20.9 Å². The van der Waals surface area contributed by atoms with Gasteiger partial charge in [0.2, 0.25) is 11.8 Å². The number of amides is 2. The van der Waals surface area contributed by atoms with Crippen molar-refractivity contribution in [3.63, 3.8) is 0 Å². The average Bonchev–Trinajstić information content (AvgIpc) is 3.02. The number of carboxylic acid groups (broad SMARTS) is 1. The monoisotopic (exact) mass is 376 g/mol. The van der Waals surface area contributed by atoms with Crippen LogP contribution in [0.2, 0.25) is 0 Å². The average molecular weight is 376 g/mol. The van der Waals surface area contributed by atoms with Gasteiger partial charge in [0.15, 0.2) is 0 Å². The van der Waals surface area contributed by atoms with Gasteiger partial charge in [-0.2, -0.15) is 0 Å². The molecule has 1 saturated heterocycles. The maximum Gasteiger partial charge on any atom is 0.305 e. The highest BCUT2D eigenvalue weighted by Crippen LogP contribution is 2.25. The first kappa shape index (κ1) is 20.7. The van der Waals surface area contributed by atoms with Crippen molar-refractivity contribution in [1.82, 2.24) is 10.2 Å². The number of carbonyl (C=O) groups is 3. The molecule has 7 nitrogen and oxygen atoms in total. The fourth-order valence-electron chi connectivity index (χ4n) is 3.43. The van der Waals surface area contributed by atoms with Gasteiger partial charge in [-0.15, -0.1) is 0 Å². The SMILES string of the molecule is CCC(CC)(CC(=O)O)NC(=O)C1CC(=O)N(Cc2ccc(OC)cc2)C1. The summed E-state index contributed by atoms with van der Waals surface area (Å²) < 4.78 is 5.13. The minimum atomic E-state index is -0.942. The maximum absolute atomic E-state index is 12.7. The van der Waals surface area contributed by atoms with E-state index in [-0.39, 0.29) is 24.7 Å². The molecule has 1 aliphatic rings. The summed E-state index contributed by atoms with van der Waals surface area (Å²) in [5, 5.41) is 12.1. The molecular formula is C20H28N2O5. The third-order valence-electron chi connectivity index (χ3n) is 5.35. The molecule has 1 heterocycles. The van der Waals surface area contributed by atoms with Gasteiger partial charge in [-0.05, 0) is 30.5 Å². The van der Waals surface area contributed by atoms with Crippen LogP contribution in [0.4, 0.5) is 0 Å². The van der Waals surface area contributed by atoms with E-state index in [2.05, 4.69) is 5.32 Å². The normalized spacial score (nSPS) is 17.1. The van der Waals surface area contributed by atoms with Crippen LogP contribution in [0.5, 0.6) is 5.75 Å². The van der Waals surface area contributed by atoms with Gasteiger partial charge in [0.25, 0.3) is 0 Å². The maximum atomic E-state index is 12.7. The number of hydrogen-bond acceptors (Lipinski definition) is 4. The molecule has 0 aliphatic carbocycles. The number of likely N-dealkylation sites (tertiary alicyclic amines) is 1. The largest absolute Gasteiger partial charge is 0.497 e. The number of benzene rings is 1. The zero-order valence-corrected chi connectivity index (χ0v) is 16.2. The van der Waals surface area contributed by atoms with Gasteiger partial charge in [-0.1, -0.05) is 26.0 Å². The summed E-state index contributed by atoms with van der Waals surface area (Å²) in [6.45, 7) is 4.51. The molecular weight excluding hydrogens is 348 g/mol. The Hall–Kier alpha value is -2.57. The third-order valence-corrected chi connectivity index (χ3v) is 5.35. The van der Waals surface area contributed by atoms with Crippen molar-refractivity contribution in [3.05, 3.63) is 29.8 Å². The fourth-order valence-corrected chi connectivity index (χ4v) is 3.43. The smallest absolute Gasteiger partial charge is 0.305 e. The van der Waals surface area contributed by atoms with Crippen molar-refractivity contribution in [3.8, 4) is 5.75 Å². The Balaban J connectivity index is 2.00. The molecule has 1 unspecified atom stereocenters. The standard InChI is InChI=1S/C20H28N2O5/c1-4-20(5-2,11-18(24)25)21-19(26)15-10-17(23)22(13-15)12-14-6-8-16(27-3)9-7-14/h6-9,15H,4-5,10-13H2,1-3H3,(H,21,26)(H,24,25). The molecule has 2 N–H and O–H groups in total. The van der Waals surface area contributed by atoms with Gasteiger partial charge in [0, 0.05) is 25.0 Å². The first-order chi connectivity index (χ1) is 12.8. The minimum absolute atomic E-state index is 0.0669. The zero-order valence-electron chi connectivity index (χ0n) is 16.2. The van der Waals surface area contributed by atoms with Crippen LogP contribution in [0.3, 0.4) is 0 Å². The van der Waals surface area contributed by atoms with E-state index in [1.54, 1.807) is 12.0 Å². The van der Waals surface area contributed by atoms with E-state index in [1.165, 1.54) is 0 Å². The number of carboxylic acids is 1. The van der Waals surface area contributed by atoms with E-state index < -0.39 is 17.4 Å². The van der Waals surface area contributed by atoms with Gasteiger partial charge >= 0.3 is 5.97 Å². The topological polar surface area (TPSA) is 95.9 Å². The van der Waals surface area contributed by atoms with E-state index in [9.17, 15) is 14.4 Å². The Bertz CT molecular complexity index is 682. The first-order valence-corrected chi connectivity index (χ1v) is 9.27. The van der Waals surface area contributed by atoms with E-state index in [4.69, 9.17) is 9.84 Å². The summed E-state index contributed by atoms with van der Waals surface area (Å²) >= 11 is 0. The number of carbonyl (C=O) groups excluding carboxylic acids is 2. The number of methoxy groups -OCH3 is 1. The van der Waals surface area contributed by atoms with Crippen LogP contribution in [0, 0.1) is 5.92 Å². The van der Waals surface area contributed by atoms with E-state index in [1.807, 2.05) is 38.1 Å². The molecule has 2 rings (SSSR count). The van der Waals surface area contributed by atoms with E-state index in [0.29, 0.717) is 25.9 Å². The predicted octanol–water partition coefficient (Wildman–Crippen LogP) is 2.19. The predicted molar refractivity (Wildman–Crippen MR) is 100 cm³/mol. The molecule has 0 spiro atoms. The first-order valence-electron chi connectivity index (χ1n) is 9.27. The Kier molecular flexibility index (Phi) is 6.82. The lowest BCUT2D eigenvalue weighted by atomic mass is 9.88. The molecule has 0 radical (unpaired) electrons. The van der Waals surface area contributed by atoms with Crippen molar-refractivity contribution in [2.75, 3.05) is 13.7 Å². The van der Waals surface area contributed by atoms with E-state index >= 15 is 0 Å². The molecule has 1 fully saturated rings. The highest BCUT2D eigenvalue weighted by atomic mass is 16.5. The molecule has 0 bridgehead atoms. The molecule has 2 amide bonds. The summed E-state index contributed by atoms with van der Waals surface area (Å²) in [7, 11) is 1.60. The van der Waals surface area contributed by atoms with Gasteiger partial charge in [0.1, 0.15) is 5.75 Å². The van der Waals surface area contributed by atoms with Crippen LogP contribution in [0.1, 0.15) is 45.1 Å². The molecule has 148 valence electrons. The highest BCUT2D eigenvalue weighted by Gasteiger charge is 2.38. The number of ether oxygens (including phenoxy) is 1. The molecule has 0 saturated carbocycles. The lowest BCUT2D eigenvalue weighted by Crippen LogP contribution is -2.51. The Labute approximate surface area is 159 Å². The summed E-state index contributed by atoms with van der Waals surface area (Å²) in [4.78, 5) is 37.8. The lowest BCUT2D eigenvalue weighted by molar-refractivity contribution is -0.139. The molecule has 1 aromatic rings. The minimum Gasteiger partial charge on any atom is -0.497 e. The number of hydrogen-bond donors (Lipinski definition) is 2. The van der Waals surface area contributed by atoms with Crippen LogP contribution in [-0.4, -0.2) is 47.0 Å². The second-order valence-electron chi connectivity index (χ2n) is 7.07. The summed E-state index contributed by atoms with van der Waals surface area (Å²) in [6, 6.07) is 7.46. The van der Waals surface area contributed by atoms with Gasteiger partial charge in [-0.25, -0.2) is 0 Å². The van der Waals surface area contributed by atoms with Gasteiger partial charge in [0.05, 0.1) is 19.4 Å². The molecule has 1 aliphatic heterocycles. The van der Waals surface area contributed by atoms with Crippen molar-refractivity contribution in [2.45, 2.75) is 51.6 Å². The van der Waals surface area contributed by atoms with Crippen LogP contribution < -0.4 is 10.1 Å². The van der Waals surface area contributed by atoms with E-state index in [0.717, 1.165) is 11.3 Å². The van der Waals surface area contributed by atoms with Gasteiger partial charge in [-0.3, -0.25) is 14.4 Å². The van der Waals surface area contributed by atoms with Gasteiger partial charge < -0.3 is 20.1 Å². The second-order valence-corrected chi connectivity index (χ2v) is 7.07. The Morgan fingerprint density at radius 1 is 1.26 bits per heavy atom. The highest BCUT2D eigenvalue weighted by molar-refractivity contribution is 5.89. The summed E-state index contributed by atoms with van der Waals surface area (Å²) in [6.07, 6.45) is 1.08. The van der Waals surface area contributed by atoms with Crippen molar-refractivity contribution in [2.24, 2.45) is 5.92 Å². The molecule has 7 heteroatoms. The summed E-state index contributed by atoms with van der Waals surface area (Å²) in [5.74, 6) is -0.962. The molecule has 27 heavy (non-hydrogen) atoms. The zero-order chi connectivity index (χ0) is 20.0. The fraction of sp³-hybridized carbons (Fsp3) is 0.550. The molecule has 1 aromatic carbocycles. The van der Waals surface area contributed by atoms with Crippen LogP contribution >= 0.6 is 0 Å². The quantitative estimate of drug-likeness (QED) is 0.689. The number of nitrogens with zero attached hydrogens (tertiary/aromatic N) is 1. The Morgan fingerprint density at radius 2 is 1.89 bits per heavy atom. The van der Waals surface area contributed by atoms with Crippen LogP contribution in [0.15, 0.2) is 24.3 Å². The van der Waals surface area contributed by atoms with Crippen molar-refractivity contribution in [1.29, 1.82) is 0 Å². The van der Waals surface area contributed by atoms with Crippen molar-refractivity contribution < 1.29 is 24.2 Å². The van der Waals surface area contributed by atoms with Crippen molar-refractivity contribution >= 4 is 17.8 Å². The number of nitrogens with one attached hydrogen (secondary N) is 1. The number of rotatable bonds is 9. The lowest BCUT2D eigenvalue weighted by Gasteiger charge is -2.32. The summed E-state index contributed by atoms with van der Waals surface area (Å²) in [5.41, 5.74) is 0.197. The molecule has 1 atom stereocenters. The van der Waals surface area contributed by atoms with Crippen LogP contribution in [0.25, 0.3) is 0 Å².